The Hall–Kier alpha value is -2.57. The highest BCUT2D eigenvalue weighted by molar-refractivity contribution is 5.68. The molecule has 0 bridgehead atoms. The number of fused-ring (bicyclic) bond motifs is 1. The Morgan fingerprint density at radius 1 is 1.24 bits per heavy atom. The molecule has 86 valence electrons. The average molecular weight is 231 g/mol. The van der Waals surface area contributed by atoms with Crippen molar-refractivity contribution in [2.24, 2.45) is 7.05 Å². The van der Waals surface area contributed by atoms with Crippen LogP contribution in [0.5, 0.6) is 0 Å². The zero-order valence-electron chi connectivity index (χ0n) is 8.97. The summed E-state index contributed by atoms with van der Waals surface area (Å²) >= 11 is 0. The Balaban J connectivity index is 2.30. The smallest absolute Gasteiger partial charge is 0.275 e. The van der Waals surface area contributed by atoms with E-state index < -0.39 is 11.2 Å². The molecule has 3 aromatic rings. The maximum Gasteiger partial charge on any atom is 0.340 e. The van der Waals surface area contributed by atoms with Crippen molar-refractivity contribution < 1.29 is 0 Å². The number of H-pyrrole nitrogens is 2. The molecule has 0 saturated carbocycles. The molecular formula is C10H9N5O2. The normalized spacial score (nSPS) is 11.1. The lowest BCUT2D eigenvalue weighted by Gasteiger charge is -1.90. The van der Waals surface area contributed by atoms with Gasteiger partial charge >= 0.3 is 5.69 Å². The number of hydrogen-bond acceptors (Lipinski definition) is 3. The molecule has 7 heteroatoms. The SMILES string of the molecule is Cn1cc(-c2cc3c(=O)[nH]c(=O)[nH]n3c2)cn1. The summed E-state index contributed by atoms with van der Waals surface area (Å²) in [6, 6.07) is 1.70. The van der Waals surface area contributed by atoms with E-state index in [0.29, 0.717) is 5.52 Å². The highest BCUT2D eigenvalue weighted by Crippen LogP contribution is 2.19. The Morgan fingerprint density at radius 2 is 2.06 bits per heavy atom. The first-order chi connectivity index (χ1) is 8.13. The Bertz CT molecular complexity index is 804. The van der Waals surface area contributed by atoms with Gasteiger partial charge in [0.05, 0.1) is 6.20 Å². The molecular weight excluding hydrogens is 222 g/mol. The van der Waals surface area contributed by atoms with E-state index >= 15 is 0 Å². The van der Waals surface area contributed by atoms with Gasteiger partial charge in [-0.1, -0.05) is 0 Å². The molecule has 7 nitrogen and oxygen atoms in total. The molecule has 0 aromatic carbocycles. The third-order valence-corrected chi connectivity index (χ3v) is 2.54. The van der Waals surface area contributed by atoms with E-state index in [1.807, 2.05) is 13.2 Å². The standard InChI is InChI=1S/C10H9N5O2/c1-14-4-7(3-11-14)6-2-8-9(16)12-10(17)13-15(8)5-6/h2-5H,1H3,(H2,12,13,16,17). The van der Waals surface area contributed by atoms with Gasteiger partial charge < -0.3 is 0 Å². The summed E-state index contributed by atoms with van der Waals surface area (Å²) in [6.45, 7) is 0. The number of nitrogens with zero attached hydrogens (tertiary/aromatic N) is 3. The molecule has 0 spiro atoms. The van der Waals surface area contributed by atoms with E-state index in [4.69, 9.17) is 0 Å². The van der Waals surface area contributed by atoms with Crippen LogP contribution in [0.4, 0.5) is 0 Å². The molecule has 0 aliphatic rings. The molecule has 17 heavy (non-hydrogen) atoms. The number of hydrogen-bond donors (Lipinski definition) is 2. The van der Waals surface area contributed by atoms with E-state index in [2.05, 4.69) is 15.2 Å². The molecule has 0 amide bonds. The molecule has 3 aromatic heterocycles. The van der Waals surface area contributed by atoms with Crippen molar-refractivity contribution in [2.45, 2.75) is 0 Å². The molecule has 2 N–H and O–H groups in total. The van der Waals surface area contributed by atoms with E-state index in [9.17, 15) is 9.59 Å². The van der Waals surface area contributed by atoms with Gasteiger partial charge in [-0.3, -0.25) is 19.0 Å². The second-order valence-electron chi connectivity index (χ2n) is 3.78. The Morgan fingerprint density at radius 3 is 2.76 bits per heavy atom. The van der Waals surface area contributed by atoms with Crippen molar-refractivity contribution in [1.82, 2.24) is 24.4 Å². The van der Waals surface area contributed by atoms with Gasteiger partial charge in [-0.15, -0.1) is 0 Å². The first kappa shape index (κ1) is 9.64. The summed E-state index contributed by atoms with van der Waals surface area (Å²) in [5.74, 6) is 0. The quantitative estimate of drug-likeness (QED) is 0.603. The number of aryl methyl sites for hydroxylation is 1. The number of aromatic nitrogens is 5. The number of rotatable bonds is 1. The van der Waals surface area contributed by atoms with Crippen LogP contribution >= 0.6 is 0 Å². The molecule has 0 unspecified atom stereocenters. The molecule has 0 saturated heterocycles. The lowest BCUT2D eigenvalue weighted by atomic mass is 10.2. The predicted molar refractivity (Wildman–Crippen MR) is 60.8 cm³/mol. The highest BCUT2D eigenvalue weighted by Gasteiger charge is 2.07. The van der Waals surface area contributed by atoms with Crippen LogP contribution in [0.25, 0.3) is 16.6 Å². The fourth-order valence-corrected chi connectivity index (χ4v) is 1.76. The summed E-state index contributed by atoms with van der Waals surface area (Å²) < 4.78 is 3.08. The fraction of sp³-hybridized carbons (Fsp3) is 0.100. The minimum absolute atomic E-state index is 0.392. The molecule has 3 heterocycles. The largest absolute Gasteiger partial charge is 0.340 e. The van der Waals surface area contributed by atoms with Crippen molar-refractivity contribution in [1.29, 1.82) is 0 Å². The van der Waals surface area contributed by atoms with E-state index in [1.54, 1.807) is 23.1 Å². The highest BCUT2D eigenvalue weighted by atomic mass is 16.2. The van der Waals surface area contributed by atoms with Gasteiger partial charge in [0.2, 0.25) is 0 Å². The summed E-state index contributed by atoms with van der Waals surface area (Å²) in [6.07, 6.45) is 5.21. The monoisotopic (exact) mass is 231 g/mol. The molecule has 0 atom stereocenters. The first-order valence-corrected chi connectivity index (χ1v) is 4.97. The Kier molecular flexibility index (Phi) is 1.82. The maximum absolute atomic E-state index is 11.5. The maximum atomic E-state index is 11.5. The minimum atomic E-state index is -0.532. The second-order valence-corrected chi connectivity index (χ2v) is 3.78. The predicted octanol–water partition coefficient (Wildman–Crippen LogP) is -0.284. The first-order valence-electron chi connectivity index (χ1n) is 4.97. The van der Waals surface area contributed by atoms with E-state index in [-0.39, 0.29) is 0 Å². The second kappa shape index (κ2) is 3.21. The summed E-state index contributed by atoms with van der Waals surface area (Å²) in [7, 11) is 1.81. The zero-order chi connectivity index (χ0) is 12.0. The molecule has 0 fully saturated rings. The molecule has 3 rings (SSSR count). The van der Waals surface area contributed by atoms with Gasteiger partial charge in [0, 0.05) is 30.6 Å². The van der Waals surface area contributed by atoms with Crippen molar-refractivity contribution in [2.75, 3.05) is 0 Å². The summed E-state index contributed by atoms with van der Waals surface area (Å²) in [5.41, 5.74) is 1.16. The van der Waals surface area contributed by atoms with Crippen LogP contribution in [0.3, 0.4) is 0 Å². The van der Waals surface area contributed by atoms with E-state index in [0.717, 1.165) is 11.1 Å². The van der Waals surface area contributed by atoms with Crippen LogP contribution in [-0.4, -0.2) is 24.4 Å². The van der Waals surface area contributed by atoms with Gasteiger partial charge in [0.15, 0.2) is 0 Å². The van der Waals surface area contributed by atoms with Gasteiger partial charge in [0.1, 0.15) is 5.52 Å². The molecule has 0 aliphatic heterocycles. The average Bonchev–Trinajstić information content (AvgIpc) is 2.83. The number of nitrogens with one attached hydrogen (secondary N) is 2. The number of aromatic amines is 2. The fourth-order valence-electron chi connectivity index (χ4n) is 1.76. The van der Waals surface area contributed by atoms with Crippen molar-refractivity contribution in [3.8, 4) is 11.1 Å². The third-order valence-electron chi connectivity index (χ3n) is 2.54. The van der Waals surface area contributed by atoms with Crippen LogP contribution in [0.15, 0.2) is 34.2 Å². The zero-order valence-corrected chi connectivity index (χ0v) is 8.97. The summed E-state index contributed by atoms with van der Waals surface area (Å²) in [5, 5.41) is 6.56. The van der Waals surface area contributed by atoms with Crippen LogP contribution in [0.1, 0.15) is 0 Å². The van der Waals surface area contributed by atoms with Gasteiger partial charge in [-0.05, 0) is 6.07 Å². The van der Waals surface area contributed by atoms with Crippen molar-refractivity contribution in [3.05, 3.63) is 45.5 Å². The Labute approximate surface area is 94.3 Å². The lowest BCUT2D eigenvalue weighted by molar-refractivity contribution is 0.768. The third kappa shape index (κ3) is 1.48. The molecule has 0 radical (unpaired) electrons. The van der Waals surface area contributed by atoms with Crippen LogP contribution in [0.2, 0.25) is 0 Å². The summed E-state index contributed by atoms with van der Waals surface area (Å²) in [4.78, 5) is 24.8. The van der Waals surface area contributed by atoms with Crippen molar-refractivity contribution in [3.63, 3.8) is 0 Å². The molecule has 0 aliphatic carbocycles. The van der Waals surface area contributed by atoms with Gasteiger partial charge in [-0.2, -0.15) is 5.10 Å². The van der Waals surface area contributed by atoms with Gasteiger partial charge in [0.25, 0.3) is 5.56 Å². The van der Waals surface area contributed by atoms with Crippen molar-refractivity contribution >= 4 is 5.52 Å². The van der Waals surface area contributed by atoms with Crippen LogP contribution < -0.4 is 11.2 Å². The minimum Gasteiger partial charge on any atom is -0.275 e. The lowest BCUT2D eigenvalue weighted by Crippen LogP contribution is -2.24. The van der Waals surface area contributed by atoms with Gasteiger partial charge in [-0.25, -0.2) is 9.89 Å². The topological polar surface area (TPSA) is 88.0 Å². The van der Waals surface area contributed by atoms with E-state index in [1.165, 1.54) is 4.52 Å². The van der Waals surface area contributed by atoms with Crippen LogP contribution in [-0.2, 0) is 7.05 Å². The van der Waals surface area contributed by atoms with Crippen LogP contribution in [0, 0.1) is 0 Å².